The van der Waals surface area contributed by atoms with Crippen LogP contribution in [-0.4, -0.2) is 9.97 Å². The minimum Gasteiger partial charge on any atom is -0.455 e. The van der Waals surface area contributed by atoms with Crippen molar-refractivity contribution in [3.8, 4) is 22.5 Å². The van der Waals surface area contributed by atoms with Crippen molar-refractivity contribution < 1.29 is 8.98 Å². The molecule has 3 heterocycles. The second-order valence-corrected chi connectivity index (χ2v) is 12.7. The summed E-state index contributed by atoms with van der Waals surface area (Å²) in [5, 5.41) is 3.45. The van der Waals surface area contributed by atoms with Gasteiger partial charge in [-0.1, -0.05) is 71.9 Å². The number of hydrogen-bond donors (Lipinski definition) is 0. The number of benzene rings is 3. The molecule has 0 aliphatic carbocycles. The van der Waals surface area contributed by atoms with Crippen molar-refractivity contribution in [3.63, 3.8) is 0 Å². The molecule has 0 bridgehead atoms. The summed E-state index contributed by atoms with van der Waals surface area (Å²) in [6.07, 6.45) is 0. The highest BCUT2D eigenvalue weighted by molar-refractivity contribution is 6.10. The Morgan fingerprint density at radius 3 is 2.23 bits per heavy atom. The first kappa shape index (κ1) is 25.2. The molecule has 4 nitrogen and oxygen atoms in total. The number of para-hydroxylation sites is 1. The Morgan fingerprint density at radius 1 is 0.744 bits per heavy atom. The van der Waals surface area contributed by atoms with E-state index in [0.29, 0.717) is 0 Å². The van der Waals surface area contributed by atoms with Crippen LogP contribution in [0.3, 0.4) is 0 Å². The van der Waals surface area contributed by atoms with Crippen molar-refractivity contribution in [2.45, 2.75) is 59.3 Å². The number of nitrogens with zero attached hydrogens (tertiary/aromatic N) is 3. The van der Waals surface area contributed by atoms with Gasteiger partial charge >= 0.3 is 0 Å². The van der Waals surface area contributed by atoms with Crippen LogP contribution in [-0.2, 0) is 17.9 Å². The second kappa shape index (κ2) is 8.74. The molecule has 0 fully saturated rings. The molecule has 0 unspecified atom stereocenters. The Labute approximate surface area is 230 Å². The van der Waals surface area contributed by atoms with Gasteiger partial charge in [0.05, 0.1) is 17.0 Å². The van der Waals surface area contributed by atoms with Crippen LogP contribution in [0.25, 0.3) is 55.4 Å². The van der Waals surface area contributed by atoms with Crippen LogP contribution in [0.1, 0.15) is 58.6 Å². The molecular weight excluding hydrogens is 478 g/mol. The third-order valence-electron chi connectivity index (χ3n) is 7.65. The van der Waals surface area contributed by atoms with Crippen LogP contribution in [0.4, 0.5) is 0 Å². The Morgan fingerprint density at radius 2 is 1.49 bits per heavy atom. The molecule has 196 valence electrons. The van der Waals surface area contributed by atoms with Crippen molar-refractivity contribution in [3.05, 3.63) is 89.9 Å². The molecule has 0 aliphatic rings. The highest BCUT2D eigenvalue weighted by atomic mass is 16.3. The molecule has 6 aromatic rings. The average Bonchev–Trinajstić information content (AvgIpc) is 3.26. The maximum absolute atomic E-state index is 6.69. The number of hydrogen-bond acceptors (Lipinski definition) is 3. The molecule has 4 heteroatoms. The van der Waals surface area contributed by atoms with Crippen molar-refractivity contribution in [2.24, 2.45) is 7.05 Å². The SMILES string of the molecule is Cc1ccc2c(oc3cc(-c4cc(C(C)(C)C)nc(C(C)(C)C)n4)ccc32)c1-c1ccc2ccccc2[n+]1C. The standard InChI is InChI=1S/C35H36N3O/c1-21-13-16-25-24-17-14-23(26-20-30(34(2,3)4)37-33(36-26)35(5,6)7)19-29(24)39-32(25)31(21)28-18-15-22-11-9-10-12-27(22)38(28)8/h9-20H,1-8H3/q+1. The topological polar surface area (TPSA) is 42.8 Å². The van der Waals surface area contributed by atoms with E-state index in [1.54, 1.807) is 0 Å². The Balaban J connectivity index is 1.57. The summed E-state index contributed by atoms with van der Waals surface area (Å²) in [4.78, 5) is 9.96. The van der Waals surface area contributed by atoms with E-state index in [-0.39, 0.29) is 10.8 Å². The van der Waals surface area contributed by atoms with Gasteiger partial charge in [-0.25, -0.2) is 9.97 Å². The third-order valence-corrected chi connectivity index (χ3v) is 7.65. The van der Waals surface area contributed by atoms with Crippen LogP contribution in [0, 0.1) is 6.92 Å². The van der Waals surface area contributed by atoms with Crippen molar-refractivity contribution >= 4 is 32.8 Å². The highest BCUT2D eigenvalue weighted by Crippen LogP contribution is 2.39. The maximum Gasteiger partial charge on any atom is 0.216 e. The molecule has 0 amide bonds. The minimum absolute atomic E-state index is 0.0804. The first-order valence-corrected chi connectivity index (χ1v) is 13.7. The molecule has 0 spiro atoms. The number of aromatic nitrogens is 3. The van der Waals surface area contributed by atoms with E-state index in [9.17, 15) is 0 Å². The van der Waals surface area contributed by atoms with Crippen LogP contribution in [0.15, 0.2) is 77.2 Å². The molecule has 0 saturated carbocycles. The number of fused-ring (bicyclic) bond motifs is 4. The predicted octanol–water partition coefficient (Wildman–Crippen LogP) is 8.59. The molecule has 0 saturated heterocycles. The first-order chi connectivity index (χ1) is 18.4. The lowest BCUT2D eigenvalue weighted by molar-refractivity contribution is -0.633. The van der Waals surface area contributed by atoms with Gasteiger partial charge in [0.25, 0.3) is 0 Å². The van der Waals surface area contributed by atoms with Gasteiger partial charge in [-0.05, 0) is 42.8 Å². The predicted molar refractivity (Wildman–Crippen MR) is 161 cm³/mol. The molecule has 0 aliphatic heterocycles. The normalized spacial score (nSPS) is 12.6. The summed E-state index contributed by atoms with van der Waals surface area (Å²) in [5.41, 5.74) is 9.21. The summed E-state index contributed by atoms with van der Waals surface area (Å²) >= 11 is 0. The lowest BCUT2D eigenvalue weighted by atomic mass is 9.89. The number of furan rings is 1. The summed E-state index contributed by atoms with van der Waals surface area (Å²) < 4.78 is 8.95. The minimum atomic E-state index is -0.152. The van der Waals surface area contributed by atoms with Gasteiger partial charge in [0, 0.05) is 44.7 Å². The van der Waals surface area contributed by atoms with Gasteiger partial charge in [-0.15, -0.1) is 0 Å². The fourth-order valence-electron chi connectivity index (χ4n) is 5.33. The zero-order valence-corrected chi connectivity index (χ0v) is 24.2. The third kappa shape index (κ3) is 4.28. The lowest BCUT2D eigenvalue weighted by Gasteiger charge is -2.23. The molecule has 0 radical (unpaired) electrons. The van der Waals surface area contributed by atoms with Crippen molar-refractivity contribution in [1.29, 1.82) is 0 Å². The summed E-state index contributed by atoms with van der Waals surface area (Å²) in [7, 11) is 2.13. The van der Waals surface area contributed by atoms with E-state index in [2.05, 4.69) is 133 Å². The van der Waals surface area contributed by atoms with Crippen LogP contribution in [0.5, 0.6) is 0 Å². The second-order valence-electron chi connectivity index (χ2n) is 12.7. The van der Waals surface area contributed by atoms with E-state index in [4.69, 9.17) is 14.4 Å². The van der Waals surface area contributed by atoms with E-state index in [0.717, 1.165) is 56.0 Å². The molecule has 39 heavy (non-hydrogen) atoms. The zero-order valence-electron chi connectivity index (χ0n) is 24.2. The lowest BCUT2D eigenvalue weighted by Crippen LogP contribution is -2.32. The highest BCUT2D eigenvalue weighted by Gasteiger charge is 2.25. The Kier molecular flexibility index (Phi) is 5.65. The van der Waals surface area contributed by atoms with Crippen molar-refractivity contribution in [1.82, 2.24) is 9.97 Å². The largest absolute Gasteiger partial charge is 0.455 e. The maximum atomic E-state index is 6.69. The summed E-state index contributed by atoms with van der Waals surface area (Å²) in [5.74, 6) is 0.858. The Bertz CT molecular complexity index is 1870. The van der Waals surface area contributed by atoms with Gasteiger partial charge in [0.1, 0.15) is 24.0 Å². The van der Waals surface area contributed by atoms with Crippen LogP contribution < -0.4 is 4.57 Å². The summed E-state index contributed by atoms with van der Waals surface area (Å²) in [6.45, 7) is 15.2. The van der Waals surface area contributed by atoms with Gasteiger partial charge in [-0.3, -0.25) is 0 Å². The molecule has 3 aromatic heterocycles. The van der Waals surface area contributed by atoms with Gasteiger partial charge < -0.3 is 4.42 Å². The van der Waals surface area contributed by atoms with E-state index >= 15 is 0 Å². The van der Waals surface area contributed by atoms with E-state index < -0.39 is 0 Å². The number of aryl methyl sites for hydroxylation is 2. The number of pyridine rings is 1. The molecule has 0 atom stereocenters. The van der Waals surface area contributed by atoms with Gasteiger partial charge in [0.2, 0.25) is 11.2 Å². The Hall–Kier alpha value is -4.05. The fourth-order valence-corrected chi connectivity index (χ4v) is 5.33. The first-order valence-electron chi connectivity index (χ1n) is 13.7. The fraction of sp³-hybridized carbons (Fsp3) is 0.286. The smallest absolute Gasteiger partial charge is 0.216 e. The van der Waals surface area contributed by atoms with Gasteiger partial charge in [-0.2, -0.15) is 4.57 Å². The quantitative estimate of drug-likeness (QED) is 0.217. The molecule has 0 N–H and O–H groups in total. The molecule has 3 aromatic carbocycles. The zero-order chi connectivity index (χ0) is 27.7. The van der Waals surface area contributed by atoms with Crippen molar-refractivity contribution in [2.75, 3.05) is 0 Å². The van der Waals surface area contributed by atoms with Gasteiger partial charge in [0.15, 0.2) is 0 Å². The number of rotatable bonds is 2. The molecular formula is C35H36N3O+. The van der Waals surface area contributed by atoms with Crippen LogP contribution >= 0.6 is 0 Å². The van der Waals surface area contributed by atoms with E-state index in [1.807, 2.05) is 0 Å². The van der Waals surface area contributed by atoms with Crippen LogP contribution in [0.2, 0.25) is 0 Å². The monoisotopic (exact) mass is 514 g/mol. The summed E-state index contributed by atoms with van der Waals surface area (Å²) in [6, 6.07) is 25.9. The van der Waals surface area contributed by atoms with E-state index in [1.165, 1.54) is 16.5 Å². The average molecular weight is 515 g/mol. The molecule has 6 rings (SSSR count).